The van der Waals surface area contributed by atoms with Crippen LogP contribution < -0.4 is 10.2 Å². The molecule has 11 heteroatoms. The number of piperidine rings is 1. The molecule has 0 radical (unpaired) electrons. The van der Waals surface area contributed by atoms with Crippen molar-refractivity contribution >= 4 is 11.7 Å². The zero-order valence-corrected chi connectivity index (χ0v) is 16.9. The molecule has 6 nitrogen and oxygen atoms in total. The Morgan fingerprint density at radius 2 is 1.91 bits per heavy atom. The van der Waals surface area contributed by atoms with Crippen LogP contribution in [0.3, 0.4) is 0 Å². The minimum Gasteiger partial charge on any atom is -0.377 e. The van der Waals surface area contributed by atoms with Crippen molar-refractivity contribution < 1.29 is 31.5 Å². The minimum absolute atomic E-state index is 0.00262. The first-order valence-corrected chi connectivity index (χ1v) is 10.2. The summed E-state index contributed by atoms with van der Waals surface area (Å²) < 4.78 is 71.1. The summed E-state index contributed by atoms with van der Waals surface area (Å²) in [6, 6.07) is 4.00. The number of halogens is 5. The van der Waals surface area contributed by atoms with Crippen molar-refractivity contribution in [2.45, 2.75) is 31.7 Å². The molecule has 0 spiro atoms. The van der Waals surface area contributed by atoms with Gasteiger partial charge in [-0.2, -0.15) is 13.2 Å². The van der Waals surface area contributed by atoms with Crippen LogP contribution in [0.5, 0.6) is 0 Å². The second-order valence-corrected chi connectivity index (χ2v) is 8.05. The summed E-state index contributed by atoms with van der Waals surface area (Å²) in [4.78, 5) is 21.4. The molecule has 1 amide bonds. The fraction of sp³-hybridized carbons (Fsp3) is 0.476. The largest absolute Gasteiger partial charge is 0.433 e. The van der Waals surface area contributed by atoms with Gasteiger partial charge in [-0.25, -0.2) is 18.7 Å². The lowest BCUT2D eigenvalue weighted by Crippen LogP contribution is -2.42. The lowest BCUT2D eigenvalue weighted by molar-refractivity contribution is -0.141. The number of nitrogens with zero attached hydrogens (tertiary/aromatic N) is 3. The SMILES string of the molecule is O=C(C[C@@H]1OC[C@H]2CN(c3cc(C(F)(F)F)ncn3)CC[C@H]21)NCc1cc(F)cc(F)c1. The van der Waals surface area contributed by atoms with Crippen molar-refractivity contribution in [1.82, 2.24) is 15.3 Å². The van der Waals surface area contributed by atoms with Crippen LogP contribution in [0.15, 0.2) is 30.6 Å². The second-order valence-electron chi connectivity index (χ2n) is 8.05. The summed E-state index contributed by atoms with van der Waals surface area (Å²) in [7, 11) is 0. The van der Waals surface area contributed by atoms with E-state index in [1.165, 1.54) is 0 Å². The molecule has 2 aliphatic heterocycles. The maximum atomic E-state index is 13.3. The average molecular weight is 456 g/mol. The lowest BCUT2D eigenvalue weighted by Gasteiger charge is -2.36. The maximum absolute atomic E-state index is 13.3. The first-order chi connectivity index (χ1) is 15.2. The number of hydrogen-bond donors (Lipinski definition) is 1. The number of nitrogens with one attached hydrogen (secondary N) is 1. The van der Waals surface area contributed by atoms with E-state index in [0.717, 1.165) is 30.6 Å². The van der Waals surface area contributed by atoms with E-state index in [-0.39, 0.29) is 42.6 Å². The highest BCUT2D eigenvalue weighted by Crippen LogP contribution is 2.37. The fourth-order valence-electron chi connectivity index (χ4n) is 4.35. The number of anilines is 1. The molecule has 4 rings (SSSR count). The first kappa shape index (κ1) is 22.4. The van der Waals surface area contributed by atoms with Crippen molar-refractivity contribution in [1.29, 1.82) is 0 Å². The van der Waals surface area contributed by atoms with Crippen LogP contribution in [-0.2, 0) is 22.3 Å². The average Bonchev–Trinajstić information content (AvgIpc) is 3.13. The predicted octanol–water partition coefficient (Wildman–Crippen LogP) is 3.32. The van der Waals surface area contributed by atoms with Gasteiger partial charge < -0.3 is 15.0 Å². The number of alkyl halides is 3. The Hall–Kier alpha value is -2.82. The van der Waals surface area contributed by atoms with Crippen LogP contribution in [0.4, 0.5) is 27.8 Å². The summed E-state index contributed by atoms with van der Waals surface area (Å²) in [5, 5.41) is 2.64. The van der Waals surface area contributed by atoms with Crippen LogP contribution in [0, 0.1) is 23.5 Å². The zero-order chi connectivity index (χ0) is 22.9. The van der Waals surface area contributed by atoms with Crippen molar-refractivity contribution in [3.8, 4) is 0 Å². The Morgan fingerprint density at radius 3 is 2.62 bits per heavy atom. The van der Waals surface area contributed by atoms with Crippen LogP contribution in [0.1, 0.15) is 24.1 Å². The van der Waals surface area contributed by atoms with Gasteiger partial charge in [0.1, 0.15) is 29.5 Å². The maximum Gasteiger partial charge on any atom is 0.433 e. The number of benzene rings is 1. The molecule has 1 aromatic heterocycles. The molecule has 0 bridgehead atoms. The number of ether oxygens (including phenoxy) is 1. The highest BCUT2D eigenvalue weighted by atomic mass is 19.4. The van der Waals surface area contributed by atoms with Crippen LogP contribution in [0.2, 0.25) is 0 Å². The van der Waals surface area contributed by atoms with E-state index >= 15 is 0 Å². The van der Waals surface area contributed by atoms with Gasteiger partial charge in [-0.1, -0.05) is 0 Å². The Morgan fingerprint density at radius 1 is 1.16 bits per heavy atom. The molecule has 0 aliphatic carbocycles. The van der Waals surface area contributed by atoms with E-state index < -0.39 is 23.5 Å². The third kappa shape index (κ3) is 5.14. The number of rotatable bonds is 5. The molecule has 2 aliphatic rings. The third-order valence-electron chi connectivity index (χ3n) is 5.86. The van der Waals surface area contributed by atoms with Crippen molar-refractivity contribution in [3.05, 3.63) is 53.5 Å². The lowest BCUT2D eigenvalue weighted by atomic mass is 9.83. The van der Waals surface area contributed by atoms with Gasteiger partial charge in [-0.05, 0) is 30.0 Å². The third-order valence-corrected chi connectivity index (χ3v) is 5.86. The molecule has 1 N–H and O–H groups in total. The molecule has 2 aromatic rings. The fourth-order valence-corrected chi connectivity index (χ4v) is 4.35. The molecule has 0 unspecified atom stereocenters. The van der Waals surface area contributed by atoms with Gasteiger partial charge in [0.15, 0.2) is 0 Å². The first-order valence-electron chi connectivity index (χ1n) is 10.2. The Labute approximate surface area is 180 Å². The second kappa shape index (κ2) is 8.97. The molecule has 0 saturated carbocycles. The quantitative estimate of drug-likeness (QED) is 0.700. The summed E-state index contributed by atoms with van der Waals surface area (Å²) >= 11 is 0. The van der Waals surface area contributed by atoms with Crippen LogP contribution in [0.25, 0.3) is 0 Å². The number of aromatic nitrogens is 2. The zero-order valence-electron chi connectivity index (χ0n) is 16.9. The molecule has 3 heterocycles. The number of amides is 1. The van der Waals surface area contributed by atoms with Gasteiger partial charge in [0.05, 0.1) is 19.1 Å². The Balaban J connectivity index is 1.31. The topological polar surface area (TPSA) is 67.3 Å². The van der Waals surface area contributed by atoms with Gasteiger partial charge in [0.25, 0.3) is 0 Å². The van der Waals surface area contributed by atoms with E-state index in [0.29, 0.717) is 31.7 Å². The van der Waals surface area contributed by atoms with Gasteiger partial charge >= 0.3 is 6.18 Å². The molecule has 2 saturated heterocycles. The number of carbonyl (C=O) groups excluding carboxylic acids is 1. The smallest absolute Gasteiger partial charge is 0.377 e. The van der Waals surface area contributed by atoms with Gasteiger partial charge in [-0.15, -0.1) is 0 Å². The Bertz CT molecular complexity index is 967. The van der Waals surface area contributed by atoms with Gasteiger partial charge in [-0.3, -0.25) is 4.79 Å². The van der Waals surface area contributed by atoms with Crippen LogP contribution >= 0.6 is 0 Å². The number of fused-ring (bicyclic) bond motifs is 1. The van der Waals surface area contributed by atoms with E-state index in [4.69, 9.17) is 4.74 Å². The summed E-state index contributed by atoms with van der Waals surface area (Å²) in [6.45, 7) is 1.35. The van der Waals surface area contributed by atoms with E-state index in [1.54, 1.807) is 4.90 Å². The van der Waals surface area contributed by atoms with Crippen molar-refractivity contribution in [2.75, 3.05) is 24.6 Å². The summed E-state index contributed by atoms with van der Waals surface area (Å²) in [5.74, 6) is -1.36. The highest BCUT2D eigenvalue weighted by Gasteiger charge is 2.42. The monoisotopic (exact) mass is 456 g/mol. The molecular formula is C21H21F5N4O2. The van der Waals surface area contributed by atoms with Crippen molar-refractivity contribution in [2.24, 2.45) is 11.8 Å². The molecule has 2 fully saturated rings. The van der Waals surface area contributed by atoms with Gasteiger partial charge in [0, 0.05) is 37.7 Å². The number of carbonyl (C=O) groups is 1. The molecular weight excluding hydrogens is 435 g/mol. The minimum atomic E-state index is -4.54. The predicted molar refractivity (Wildman–Crippen MR) is 103 cm³/mol. The van der Waals surface area contributed by atoms with Crippen LogP contribution in [-0.4, -0.2) is 41.7 Å². The summed E-state index contributed by atoms with van der Waals surface area (Å²) in [5.41, 5.74) is -0.669. The van der Waals surface area contributed by atoms with E-state index in [1.807, 2.05) is 0 Å². The molecule has 1 aromatic carbocycles. The van der Waals surface area contributed by atoms with Gasteiger partial charge in [0.2, 0.25) is 5.91 Å². The van der Waals surface area contributed by atoms with E-state index in [2.05, 4.69) is 15.3 Å². The molecule has 32 heavy (non-hydrogen) atoms. The summed E-state index contributed by atoms with van der Waals surface area (Å²) in [6.07, 6.45) is -3.20. The van der Waals surface area contributed by atoms with E-state index in [9.17, 15) is 26.7 Å². The standard InChI is InChI=1S/C21H21F5N4O2/c22-14-3-12(4-15(23)5-14)8-27-20(31)6-17-16-1-2-30(9-13(16)10-32-17)19-7-18(21(24,25)26)28-11-29-19/h3-5,7,11,13,16-17H,1-2,6,8-10H2,(H,27,31)/t13-,16-,17+/m1/s1. The normalized spacial score (nSPS) is 23.2. The molecule has 3 atom stereocenters. The molecule has 172 valence electrons. The number of hydrogen-bond acceptors (Lipinski definition) is 5. The highest BCUT2D eigenvalue weighted by molar-refractivity contribution is 5.76. The Kier molecular flexibility index (Phi) is 6.27. The van der Waals surface area contributed by atoms with Crippen molar-refractivity contribution in [3.63, 3.8) is 0 Å².